The average Bonchev–Trinajstić information content (AvgIpc) is 3.07. The van der Waals surface area contributed by atoms with E-state index in [2.05, 4.69) is 10.9 Å². The number of aromatic amines is 1. The van der Waals surface area contributed by atoms with Gasteiger partial charge in [0.05, 0.1) is 7.11 Å². The number of hydrogen-bond donors (Lipinski definition) is 1. The number of H-pyrrole nitrogens is 1. The average molecular weight is 282 g/mol. The molecule has 2 heterocycles. The second-order valence-corrected chi connectivity index (χ2v) is 5.38. The van der Waals surface area contributed by atoms with E-state index in [1.165, 1.54) is 5.56 Å². The fourth-order valence-electron chi connectivity index (χ4n) is 2.85. The molecule has 4 nitrogen and oxygen atoms in total. The van der Waals surface area contributed by atoms with Crippen molar-refractivity contribution in [3.63, 3.8) is 0 Å². The van der Waals surface area contributed by atoms with E-state index >= 15 is 0 Å². The van der Waals surface area contributed by atoms with Gasteiger partial charge in [-0.2, -0.15) is 0 Å². The van der Waals surface area contributed by atoms with Gasteiger partial charge in [0.2, 0.25) is 5.91 Å². The molecule has 2 aromatic rings. The number of amides is 1. The molecule has 4 heteroatoms. The second-order valence-electron chi connectivity index (χ2n) is 5.38. The Morgan fingerprint density at radius 2 is 2.38 bits per heavy atom. The summed E-state index contributed by atoms with van der Waals surface area (Å²) in [7, 11) is 1.66. The third-order valence-electron chi connectivity index (χ3n) is 4.08. The van der Waals surface area contributed by atoms with Crippen LogP contribution in [-0.4, -0.2) is 36.0 Å². The van der Waals surface area contributed by atoms with Gasteiger partial charge in [-0.1, -0.05) is 0 Å². The Labute approximate surface area is 124 Å². The van der Waals surface area contributed by atoms with Crippen LogP contribution in [0.25, 0.3) is 10.9 Å². The number of carbonyl (C=O) groups is 1. The van der Waals surface area contributed by atoms with E-state index in [9.17, 15) is 4.79 Å². The van der Waals surface area contributed by atoms with Crippen LogP contribution in [-0.2, 0) is 11.2 Å². The smallest absolute Gasteiger partial charge is 0.223 e. The fraction of sp³-hybridized carbons (Fsp3) is 0.353. The molecule has 1 aliphatic rings. The lowest BCUT2D eigenvalue weighted by atomic mass is 10.1. The van der Waals surface area contributed by atoms with Gasteiger partial charge in [-0.05, 0) is 30.2 Å². The molecular weight excluding hydrogens is 264 g/mol. The maximum atomic E-state index is 11.9. The lowest BCUT2D eigenvalue weighted by Crippen LogP contribution is -2.27. The monoisotopic (exact) mass is 282 g/mol. The third kappa shape index (κ3) is 2.59. The zero-order valence-corrected chi connectivity index (χ0v) is 12.1. The maximum Gasteiger partial charge on any atom is 0.223 e. The molecule has 21 heavy (non-hydrogen) atoms. The number of aromatic nitrogens is 1. The zero-order valence-electron chi connectivity index (χ0n) is 12.1. The number of hydrogen-bond acceptors (Lipinski definition) is 2. The summed E-state index contributed by atoms with van der Waals surface area (Å²) < 4.78 is 5.27. The van der Waals surface area contributed by atoms with E-state index < -0.39 is 0 Å². The summed E-state index contributed by atoms with van der Waals surface area (Å²) in [6, 6.07) is 5.97. The van der Waals surface area contributed by atoms with Crippen LogP contribution in [0.5, 0.6) is 5.75 Å². The fourth-order valence-corrected chi connectivity index (χ4v) is 2.85. The van der Waals surface area contributed by atoms with Gasteiger partial charge in [-0.3, -0.25) is 4.79 Å². The van der Waals surface area contributed by atoms with Crippen molar-refractivity contribution >= 4 is 16.8 Å². The number of fused-ring (bicyclic) bond motifs is 1. The number of nitrogens with one attached hydrogen (secondary N) is 1. The Kier molecular flexibility index (Phi) is 3.57. The van der Waals surface area contributed by atoms with Crippen LogP contribution in [0.1, 0.15) is 12.0 Å². The minimum absolute atomic E-state index is 0.0700. The van der Waals surface area contributed by atoms with Gasteiger partial charge in [0.25, 0.3) is 0 Å². The van der Waals surface area contributed by atoms with Gasteiger partial charge in [0, 0.05) is 42.5 Å². The molecule has 1 aromatic heterocycles. The first-order valence-corrected chi connectivity index (χ1v) is 7.09. The van der Waals surface area contributed by atoms with Crippen molar-refractivity contribution in [2.75, 3.05) is 20.2 Å². The first kappa shape index (κ1) is 13.6. The van der Waals surface area contributed by atoms with Crippen LogP contribution in [0.4, 0.5) is 0 Å². The summed E-state index contributed by atoms with van der Waals surface area (Å²) in [5, 5.41) is 1.15. The zero-order chi connectivity index (χ0) is 14.8. The van der Waals surface area contributed by atoms with E-state index in [0.29, 0.717) is 19.5 Å². The number of methoxy groups -OCH3 is 1. The van der Waals surface area contributed by atoms with E-state index in [1.807, 2.05) is 29.3 Å². The van der Waals surface area contributed by atoms with Crippen molar-refractivity contribution < 1.29 is 9.53 Å². The van der Waals surface area contributed by atoms with E-state index in [0.717, 1.165) is 23.1 Å². The van der Waals surface area contributed by atoms with Crippen molar-refractivity contribution in [1.29, 1.82) is 0 Å². The van der Waals surface area contributed by atoms with E-state index in [4.69, 9.17) is 11.2 Å². The Morgan fingerprint density at radius 3 is 3.10 bits per heavy atom. The molecule has 1 aliphatic heterocycles. The van der Waals surface area contributed by atoms with Crippen LogP contribution in [0.2, 0.25) is 0 Å². The summed E-state index contributed by atoms with van der Waals surface area (Å²) >= 11 is 0. The molecule has 0 aliphatic carbocycles. The first-order valence-electron chi connectivity index (χ1n) is 7.09. The van der Waals surface area contributed by atoms with Gasteiger partial charge >= 0.3 is 0 Å². The predicted octanol–water partition coefficient (Wildman–Crippen LogP) is 2.20. The van der Waals surface area contributed by atoms with Gasteiger partial charge in [-0.15, -0.1) is 12.3 Å². The summed E-state index contributed by atoms with van der Waals surface area (Å²) in [6.45, 7) is 1.39. The molecule has 3 rings (SSSR count). The van der Waals surface area contributed by atoms with Crippen molar-refractivity contribution in [2.24, 2.45) is 5.92 Å². The summed E-state index contributed by atoms with van der Waals surface area (Å²) in [4.78, 5) is 17.0. The van der Waals surface area contributed by atoms with Crippen molar-refractivity contribution in [3.8, 4) is 18.1 Å². The number of ether oxygens (including phenoxy) is 1. The first-order chi connectivity index (χ1) is 10.2. The van der Waals surface area contributed by atoms with Crippen LogP contribution < -0.4 is 4.74 Å². The topological polar surface area (TPSA) is 45.3 Å². The highest BCUT2D eigenvalue weighted by atomic mass is 16.5. The number of likely N-dealkylation sites (tertiary alicyclic amines) is 1. The Bertz CT molecular complexity index is 711. The number of benzene rings is 1. The molecule has 1 fully saturated rings. The largest absolute Gasteiger partial charge is 0.497 e. The van der Waals surface area contributed by atoms with Crippen molar-refractivity contribution in [2.45, 2.75) is 12.8 Å². The summed E-state index contributed by atoms with van der Waals surface area (Å²) in [5.74, 6) is 3.75. The van der Waals surface area contributed by atoms with Crippen LogP contribution >= 0.6 is 0 Å². The highest BCUT2D eigenvalue weighted by Crippen LogP contribution is 2.25. The Hall–Kier alpha value is -2.41. The lowest BCUT2D eigenvalue weighted by molar-refractivity contribution is -0.127. The van der Waals surface area contributed by atoms with Gasteiger partial charge < -0.3 is 14.6 Å². The molecule has 0 bridgehead atoms. The van der Waals surface area contributed by atoms with E-state index in [1.54, 1.807) is 7.11 Å². The molecule has 0 spiro atoms. The number of nitrogens with zero attached hydrogens (tertiary/aromatic N) is 1. The van der Waals surface area contributed by atoms with Gasteiger partial charge in [0.15, 0.2) is 0 Å². The molecule has 1 aromatic carbocycles. The molecule has 0 radical (unpaired) electrons. The summed E-state index contributed by atoms with van der Waals surface area (Å²) in [6.07, 6.45) is 8.71. The predicted molar refractivity (Wildman–Crippen MR) is 82.1 cm³/mol. The number of rotatable bonds is 4. The molecular formula is C17H18N2O2. The summed E-state index contributed by atoms with van der Waals surface area (Å²) in [5.41, 5.74) is 2.28. The second kappa shape index (κ2) is 5.53. The Morgan fingerprint density at radius 1 is 1.52 bits per heavy atom. The van der Waals surface area contributed by atoms with E-state index in [-0.39, 0.29) is 11.8 Å². The molecule has 1 amide bonds. The minimum atomic E-state index is 0.0700. The van der Waals surface area contributed by atoms with Crippen molar-refractivity contribution in [1.82, 2.24) is 9.88 Å². The SMILES string of the molecule is C#CC1CC(=O)N(CCc2c[nH]c3ccc(OC)cc23)C1. The molecule has 1 atom stereocenters. The molecule has 1 N–H and O–H groups in total. The van der Waals surface area contributed by atoms with Gasteiger partial charge in [-0.25, -0.2) is 0 Å². The minimum Gasteiger partial charge on any atom is -0.497 e. The molecule has 0 saturated carbocycles. The molecule has 108 valence electrons. The lowest BCUT2D eigenvalue weighted by Gasteiger charge is -2.15. The normalized spacial score (nSPS) is 18.2. The standard InChI is InChI=1S/C17H18N2O2/c1-3-12-8-17(20)19(11-12)7-6-13-10-18-16-5-4-14(21-2)9-15(13)16/h1,4-5,9-10,12,18H,6-8,11H2,2H3. The maximum absolute atomic E-state index is 11.9. The third-order valence-corrected chi connectivity index (χ3v) is 4.08. The highest BCUT2D eigenvalue weighted by molar-refractivity contribution is 5.85. The van der Waals surface area contributed by atoms with Crippen LogP contribution in [0, 0.1) is 18.3 Å². The Balaban J connectivity index is 1.74. The number of carbonyl (C=O) groups excluding carboxylic acids is 1. The number of terminal acetylenes is 1. The van der Waals surface area contributed by atoms with Crippen molar-refractivity contribution in [3.05, 3.63) is 30.0 Å². The molecule has 1 unspecified atom stereocenters. The van der Waals surface area contributed by atoms with Gasteiger partial charge in [0.1, 0.15) is 5.75 Å². The van der Waals surface area contributed by atoms with Crippen LogP contribution in [0.3, 0.4) is 0 Å². The van der Waals surface area contributed by atoms with Crippen LogP contribution in [0.15, 0.2) is 24.4 Å². The molecule has 1 saturated heterocycles. The quantitative estimate of drug-likeness (QED) is 0.874. The highest BCUT2D eigenvalue weighted by Gasteiger charge is 2.27.